The predicted octanol–water partition coefficient (Wildman–Crippen LogP) is 3.93. The molecule has 0 radical (unpaired) electrons. The lowest BCUT2D eigenvalue weighted by atomic mass is 9.83. The number of allylic oxidation sites excluding steroid dienone is 1. The highest BCUT2D eigenvalue weighted by molar-refractivity contribution is 6.37. The maximum absolute atomic E-state index is 9.68. The number of halogens is 2. The molecule has 130 valence electrons. The van der Waals surface area contributed by atoms with Crippen LogP contribution in [-0.4, -0.2) is 11.7 Å². The van der Waals surface area contributed by atoms with Crippen LogP contribution in [0.5, 0.6) is 17.2 Å². The Labute approximate surface area is 160 Å². The molecule has 0 unspecified atom stereocenters. The van der Waals surface area contributed by atoms with E-state index < -0.39 is 5.92 Å². The molecule has 7 heteroatoms. The lowest BCUT2D eigenvalue weighted by Gasteiger charge is -2.27. The first-order chi connectivity index (χ1) is 12.5. The second-order valence-corrected chi connectivity index (χ2v) is 6.27. The minimum Gasteiger partial charge on any atom is -0.508 e. The maximum atomic E-state index is 9.68. The van der Waals surface area contributed by atoms with Crippen molar-refractivity contribution in [2.24, 2.45) is 5.73 Å². The zero-order chi connectivity index (χ0) is 18.8. The molecule has 2 aromatic rings. The van der Waals surface area contributed by atoms with E-state index in [4.69, 9.17) is 44.8 Å². The summed E-state index contributed by atoms with van der Waals surface area (Å²) in [6.45, 7) is 0.0223. The fourth-order valence-electron chi connectivity index (χ4n) is 2.78. The number of rotatable bonds is 3. The van der Waals surface area contributed by atoms with Crippen LogP contribution in [0.2, 0.25) is 10.0 Å². The first-order valence-corrected chi connectivity index (χ1v) is 8.17. The minimum absolute atomic E-state index is 0.0183. The van der Waals surface area contributed by atoms with Crippen molar-refractivity contribution in [3.05, 3.63) is 63.0 Å². The Morgan fingerprint density at radius 1 is 1.27 bits per heavy atom. The van der Waals surface area contributed by atoms with Crippen molar-refractivity contribution in [2.75, 3.05) is 6.61 Å². The van der Waals surface area contributed by atoms with Crippen LogP contribution < -0.4 is 15.2 Å². The molecule has 1 heterocycles. The Kier molecular flexibility index (Phi) is 4.86. The van der Waals surface area contributed by atoms with Crippen molar-refractivity contribution < 1.29 is 14.6 Å². The summed E-state index contributed by atoms with van der Waals surface area (Å²) in [6, 6.07) is 9.92. The third-order valence-electron chi connectivity index (χ3n) is 3.86. The number of terminal acetylenes is 1. The number of fused-ring (bicyclic) bond motifs is 1. The van der Waals surface area contributed by atoms with E-state index in [1.807, 2.05) is 0 Å². The number of nitriles is 1. The molecular formula is C19H12Cl2N2O3. The molecule has 1 aliphatic rings. The van der Waals surface area contributed by atoms with E-state index in [1.165, 1.54) is 12.1 Å². The number of nitrogens with two attached hydrogens (primary N) is 1. The van der Waals surface area contributed by atoms with Gasteiger partial charge in [-0.05, 0) is 23.8 Å². The number of phenols is 1. The number of hydrogen-bond donors (Lipinski definition) is 2. The molecule has 0 amide bonds. The lowest BCUT2D eigenvalue weighted by molar-refractivity contribution is 0.370. The van der Waals surface area contributed by atoms with Crippen LogP contribution in [-0.2, 0) is 0 Å². The molecule has 0 saturated heterocycles. The van der Waals surface area contributed by atoms with E-state index in [0.29, 0.717) is 16.9 Å². The van der Waals surface area contributed by atoms with Gasteiger partial charge in [-0.3, -0.25) is 0 Å². The van der Waals surface area contributed by atoms with Crippen molar-refractivity contribution >= 4 is 23.2 Å². The van der Waals surface area contributed by atoms with E-state index >= 15 is 0 Å². The number of nitrogens with zero attached hydrogens (tertiary/aromatic N) is 1. The molecular weight excluding hydrogens is 375 g/mol. The Hall–Kier alpha value is -2.99. The van der Waals surface area contributed by atoms with Gasteiger partial charge >= 0.3 is 0 Å². The van der Waals surface area contributed by atoms with E-state index in [2.05, 4.69) is 12.0 Å². The smallest absolute Gasteiger partial charge is 0.205 e. The summed E-state index contributed by atoms with van der Waals surface area (Å²) in [5.41, 5.74) is 7.39. The zero-order valence-electron chi connectivity index (χ0n) is 13.3. The highest BCUT2D eigenvalue weighted by Gasteiger charge is 2.31. The molecule has 1 aliphatic heterocycles. The van der Waals surface area contributed by atoms with Gasteiger partial charge < -0.3 is 20.3 Å². The fourth-order valence-corrected chi connectivity index (χ4v) is 3.40. The molecule has 5 nitrogen and oxygen atoms in total. The highest BCUT2D eigenvalue weighted by atomic mass is 35.5. The van der Waals surface area contributed by atoms with Gasteiger partial charge in [-0.25, -0.2) is 0 Å². The molecule has 1 atom stereocenters. The van der Waals surface area contributed by atoms with Crippen LogP contribution in [0, 0.1) is 23.7 Å². The topological polar surface area (TPSA) is 88.5 Å². The molecule has 3 N–H and O–H groups in total. The van der Waals surface area contributed by atoms with Crippen molar-refractivity contribution in [3.63, 3.8) is 0 Å². The molecule has 0 saturated carbocycles. The van der Waals surface area contributed by atoms with Gasteiger partial charge in [0.2, 0.25) is 5.88 Å². The average molecular weight is 387 g/mol. The monoisotopic (exact) mass is 386 g/mol. The van der Waals surface area contributed by atoms with Crippen LogP contribution in [0.4, 0.5) is 0 Å². The molecule has 0 aliphatic carbocycles. The lowest BCUT2D eigenvalue weighted by Crippen LogP contribution is -2.21. The summed E-state index contributed by atoms with van der Waals surface area (Å²) in [5.74, 6) is 2.38. The van der Waals surface area contributed by atoms with Gasteiger partial charge in [-0.15, -0.1) is 6.42 Å². The highest BCUT2D eigenvalue weighted by Crippen LogP contribution is 2.46. The van der Waals surface area contributed by atoms with E-state index in [9.17, 15) is 10.4 Å². The van der Waals surface area contributed by atoms with Crippen LogP contribution in [0.1, 0.15) is 17.0 Å². The third kappa shape index (κ3) is 3.11. The Bertz CT molecular complexity index is 980. The largest absolute Gasteiger partial charge is 0.508 e. The third-order valence-corrected chi connectivity index (χ3v) is 4.42. The number of ether oxygens (including phenoxy) is 2. The zero-order valence-corrected chi connectivity index (χ0v) is 14.8. The Balaban J connectivity index is 2.16. The first-order valence-electron chi connectivity index (χ1n) is 7.42. The first kappa shape index (κ1) is 17.8. The summed E-state index contributed by atoms with van der Waals surface area (Å²) in [5, 5.41) is 19.7. The van der Waals surface area contributed by atoms with Crippen molar-refractivity contribution in [2.45, 2.75) is 5.92 Å². The van der Waals surface area contributed by atoms with Crippen molar-refractivity contribution in [3.8, 4) is 35.7 Å². The Morgan fingerprint density at radius 3 is 2.58 bits per heavy atom. The van der Waals surface area contributed by atoms with Gasteiger partial charge in [-0.1, -0.05) is 35.2 Å². The summed E-state index contributed by atoms with van der Waals surface area (Å²) in [4.78, 5) is 0. The van der Waals surface area contributed by atoms with E-state index in [-0.39, 0.29) is 39.6 Å². The maximum Gasteiger partial charge on any atom is 0.205 e. The van der Waals surface area contributed by atoms with Crippen LogP contribution in [0.15, 0.2) is 41.8 Å². The second kappa shape index (κ2) is 7.09. The molecule has 3 rings (SSSR count). The molecule has 0 fully saturated rings. The quantitative estimate of drug-likeness (QED) is 0.780. The van der Waals surface area contributed by atoms with Crippen LogP contribution in [0.3, 0.4) is 0 Å². The minimum atomic E-state index is -0.555. The number of benzene rings is 2. The van der Waals surface area contributed by atoms with E-state index in [1.54, 1.807) is 18.2 Å². The van der Waals surface area contributed by atoms with Crippen molar-refractivity contribution in [1.82, 2.24) is 0 Å². The Morgan fingerprint density at radius 2 is 1.96 bits per heavy atom. The summed E-state index contributed by atoms with van der Waals surface area (Å²) < 4.78 is 10.8. The molecule has 0 spiro atoms. The number of hydrogen-bond acceptors (Lipinski definition) is 5. The fraction of sp³-hybridized carbons (Fsp3) is 0.105. The van der Waals surface area contributed by atoms with Crippen LogP contribution >= 0.6 is 23.2 Å². The number of phenolic OH excluding ortho intramolecular Hbond substituents is 1. The molecule has 0 bridgehead atoms. The van der Waals surface area contributed by atoms with Gasteiger partial charge in [0.1, 0.15) is 29.7 Å². The standard InChI is InChI=1S/C19H12Cl2N2O3/c1-2-5-25-18-14(20)6-10(7-15(18)21)17-12-4-3-11(24)8-16(12)26-19(23)13(17)9-22/h1,3-4,6-8,17,24H,5,23H2/t17-/m1/s1. The average Bonchev–Trinajstić information content (AvgIpc) is 2.59. The summed E-state index contributed by atoms with van der Waals surface area (Å²) in [7, 11) is 0. The second-order valence-electron chi connectivity index (χ2n) is 5.45. The molecule has 0 aromatic heterocycles. The van der Waals surface area contributed by atoms with Gasteiger partial charge in [0.25, 0.3) is 0 Å². The van der Waals surface area contributed by atoms with Gasteiger partial charge in [0.15, 0.2) is 5.75 Å². The van der Waals surface area contributed by atoms with Gasteiger partial charge in [-0.2, -0.15) is 5.26 Å². The molecule has 2 aromatic carbocycles. The number of aromatic hydroxyl groups is 1. The van der Waals surface area contributed by atoms with Gasteiger partial charge in [0.05, 0.1) is 16.0 Å². The molecule has 26 heavy (non-hydrogen) atoms. The van der Waals surface area contributed by atoms with E-state index in [0.717, 1.165) is 0 Å². The normalized spacial score (nSPS) is 15.5. The van der Waals surface area contributed by atoms with Crippen LogP contribution in [0.25, 0.3) is 0 Å². The SMILES string of the molecule is C#CCOc1c(Cl)cc([C@H]2C(C#N)=C(N)Oc3cc(O)ccc32)cc1Cl. The summed E-state index contributed by atoms with van der Waals surface area (Å²) >= 11 is 12.6. The predicted molar refractivity (Wildman–Crippen MR) is 98.2 cm³/mol. The van der Waals surface area contributed by atoms with Gasteiger partial charge in [0, 0.05) is 11.6 Å². The van der Waals surface area contributed by atoms with Crippen molar-refractivity contribution in [1.29, 1.82) is 5.26 Å². The summed E-state index contributed by atoms with van der Waals surface area (Å²) in [6.07, 6.45) is 5.19.